The summed E-state index contributed by atoms with van der Waals surface area (Å²) in [7, 11) is 3.86. The van der Waals surface area contributed by atoms with Crippen molar-refractivity contribution in [2.24, 2.45) is 7.05 Å². The van der Waals surface area contributed by atoms with Crippen LogP contribution in [-0.2, 0) is 30.4 Å². The lowest BCUT2D eigenvalue weighted by Crippen LogP contribution is -2.43. The fourth-order valence-corrected chi connectivity index (χ4v) is 5.94. The number of thiophene rings is 1. The van der Waals surface area contributed by atoms with Crippen LogP contribution in [0.25, 0.3) is 11.0 Å². The fraction of sp³-hybridized carbons (Fsp3) is 0.455. The van der Waals surface area contributed by atoms with Gasteiger partial charge in [0.1, 0.15) is 11.4 Å². The number of nitrogens with zero attached hydrogens (tertiary/aromatic N) is 3. The average molecular weight is 483 g/mol. The molecule has 0 aliphatic carbocycles. The van der Waals surface area contributed by atoms with E-state index >= 15 is 0 Å². The molecule has 1 saturated heterocycles. The van der Waals surface area contributed by atoms with Gasteiger partial charge in [0.25, 0.3) is 5.91 Å². The summed E-state index contributed by atoms with van der Waals surface area (Å²) in [6, 6.07) is 10.2. The van der Waals surface area contributed by atoms with Gasteiger partial charge in [-0.25, -0.2) is 4.98 Å². The Bertz CT molecular complexity index is 1070. The number of benzene rings is 1. The van der Waals surface area contributed by atoms with E-state index in [1.165, 1.54) is 10.4 Å². The highest BCUT2D eigenvalue weighted by Crippen LogP contribution is 2.44. The van der Waals surface area contributed by atoms with Crippen LogP contribution in [-0.4, -0.2) is 47.1 Å². The van der Waals surface area contributed by atoms with Crippen LogP contribution in [0.2, 0.25) is 0 Å². The minimum Gasteiger partial charge on any atom is -0.369 e. The van der Waals surface area contributed by atoms with E-state index in [1.807, 2.05) is 32.3 Å². The van der Waals surface area contributed by atoms with Crippen LogP contribution in [0.15, 0.2) is 30.3 Å². The van der Waals surface area contributed by atoms with E-state index in [0.29, 0.717) is 6.54 Å². The Labute approximate surface area is 198 Å². The standard InChI is InChI=1S/C22H26N4O2S.2ClH/c1-25(14-19-24-16-5-3-4-6-17(16)26(19)2)21(27)18-13-15-7-12-28-22(20(15)29-18)8-10-23-11-9-22;;/h3-6,13,23H,7-12,14H2,1-2H3;2*1H. The molecule has 1 spiro atoms. The van der Waals surface area contributed by atoms with Crippen molar-refractivity contribution in [3.05, 3.63) is 51.5 Å². The Morgan fingerprint density at radius 1 is 1.29 bits per heavy atom. The van der Waals surface area contributed by atoms with Gasteiger partial charge in [0.05, 0.1) is 29.1 Å². The lowest BCUT2D eigenvalue weighted by Gasteiger charge is -2.40. The van der Waals surface area contributed by atoms with Crippen molar-refractivity contribution in [2.75, 3.05) is 26.7 Å². The number of hydrogen-bond donors (Lipinski definition) is 1. The van der Waals surface area contributed by atoms with Crippen molar-refractivity contribution in [1.82, 2.24) is 19.8 Å². The van der Waals surface area contributed by atoms with Crippen molar-refractivity contribution in [1.29, 1.82) is 0 Å². The summed E-state index contributed by atoms with van der Waals surface area (Å²) in [5, 5.41) is 3.42. The van der Waals surface area contributed by atoms with E-state index in [2.05, 4.69) is 22.0 Å². The Morgan fingerprint density at radius 2 is 2.03 bits per heavy atom. The maximum absolute atomic E-state index is 13.2. The SMILES string of the molecule is CN(Cc1nc2ccccc2n1C)C(=O)c1cc2c(s1)C1(CCNCC1)OCC2.Cl.Cl. The monoisotopic (exact) mass is 482 g/mol. The third-order valence-corrected chi connectivity index (χ3v) is 7.55. The van der Waals surface area contributed by atoms with Gasteiger partial charge in [-0.1, -0.05) is 12.1 Å². The minimum atomic E-state index is -0.196. The molecule has 3 aromatic rings. The van der Waals surface area contributed by atoms with E-state index in [1.54, 1.807) is 16.2 Å². The second-order valence-corrected chi connectivity index (χ2v) is 9.10. The molecule has 2 aliphatic rings. The summed E-state index contributed by atoms with van der Waals surface area (Å²) in [4.78, 5) is 21.8. The van der Waals surface area contributed by atoms with Gasteiger partial charge in [0.2, 0.25) is 0 Å². The van der Waals surface area contributed by atoms with Crippen LogP contribution in [0.5, 0.6) is 0 Å². The molecule has 0 unspecified atom stereocenters. The molecule has 1 fully saturated rings. The number of aryl methyl sites for hydroxylation is 1. The second-order valence-electron chi connectivity index (χ2n) is 8.04. The van der Waals surface area contributed by atoms with Crippen molar-refractivity contribution >= 4 is 53.1 Å². The smallest absolute Gasteiger partial charge is 0.264 e. The number of para-hydroxylation sites is 2. The Hall–Kier alpha value is -1.64. The largest absolute Gasteiger partial charge is 0.369 e. The number of rotatable bonds is 3. The zero-order valence-electron chi connectivity index (χ0n) is 17.7. The number of carbonyl (C=O) groups excluding carboxylic acids is 1. The van der Waals surface area contributed by atoms with Gasteiger partial charge in [-0.3, -0.25) is 4.79 Å². The molecule has 0 atom stereocenters. The molecule has 0 bridgehead atoms. The molecule has 1 aromatic carbocycles. The molecule has 2 aliphatic heterocycles. The maximum Gasteiger partial charge on any atom is 0.264 e. The second kappa shape index (κ2) is 9.46. The van der Waals surface area contributed by atoms with Crippen LogP contribution in [0.3, 0.4) is 0 Å². The number of fused-ring (bicyclic) bond motifs is 3. The predicted octanol–water partition coefficient (Wildman–Crippen LogP) is 3.90. The lowest BCUT2D eigenvalue weighted by atomic mass is 9.86. The number of aromatic nitrogens is 2. The number of halogens is 2. The Balaban J connectivity index is 0.00000136. The highest BCUT2D eigenvalue weighted by Gasteiger charge is 2.41. The topological polar surface area (TPSA) is 59.4 Å². The summed E-state index contributed by atoms with van der Waals surface area (Å²) in [6.07, 6.45) is 2.84. The maximum atomic E-state index is 13.2. The first-order chi connectivity index (χ1) is 14.1. The third kappa shape index (κ3) is 4.22. The Kier molecular flexibility index (Phi) is 7.33. The summed E-state index contributed by atoms with van der Waals surface area (Å²) in [5.74, 6) is 0.946. The summed E-state index contributed by atoms with van der Waals surface area (Å²) in [5.41, 5.74) is 3.14. The van der Waals surface area contributed by atoms with Gasteiger partial charge in [-0.2, -0.15) is 0 Å². The zero-order valence-corrected chi connectivity index (χ0v) is 20.2. The first-order valence-electron chi connectivity index (χ1n) is 10.2. The molecule has 4 heterocycles. The third-order valence-electron chi connectivity index (χ3n) is 6.20. The molecule has 31 heavy (non-hydrogen) atoms. The van der Waals surface area contributed by atoms with Crippen LogP contribution in [0.1, 0.15) is 38.8 Å². The van der Waals surface area contributed by atoms with Crippen molar-refractivity contribution in [2.45, 2.75) is 31.4 Å². The lowest BCUT2D eigenvalue weighted by molar-refractivity contribution is -0.0771. The van der Waals surface area contributed by atoms with Gasteiger partial charge in [0, 0.05) is 19.0 Å². The molecule has 0 radical (unpaired) electrons. The van der Waals surface area contributed by atoms with Crippen LogP contribution < -0.4 is 5.32 Å². The molecule has 2 aromatic heterocycles. The molecule has 1 N–H and O–H groups in total. The van der Waals surface area contributed by atoms with Crippen LogP contribution in [0.4, 0.5) is 0 Å². The first kappa shape index (κ1) is 24.0. The van der Waals surface area contributed by atoms with Crippen LogP contribution in [0, 0.1) is 0 Å². The minimum absolute atomic E-state index is 0. The van der Waals surface area contributed by atoms with Gasteiger partial charge < -0.3 is 19.5 Å². The van der Waals surface area contributed by atoms with E-state index in [4.69, 9.17) is 9.72 Å². The number of imidazole rings is 1. The van der Waals surface area contributed by atoms with E-state index in [0.717, 1.165) is 60.7 Å². The van der Waals surface area contributed by atoms with E-state index in [9.17, 15) is 4.79 Å². The predicted molar refractivity (Wildman–Crippen MR) is 129 cm³/mol. The number of amides is 1. The average Bonchev–Trinajstić information content (AvgIpc) is 3.31. The zero-order chi connectivity index (χ0) is 20.0. The van der Waals surface area contributed by atoms with Crippen LogP contribution >= 0.6 is 36.2 Å². The van der Waals surface area contributed by atoms with E-state index in [-0.39, 0.29) is 36.3 Å². The summed E-state index contributed by atoms with van der Waals surface area (Å²) < 4.78 is 8.33. The highest BCUT2D eigenvalue weighted by molar-refractivity contribution is 7.14. The summed E-state index contributed by atoms with van der Waals surface area (Å²) >= 11 is 1.63. The molecule has 9 heteroatoms. The van der Waals surface area contributed by atoms with E-state index < -0.39 is 0 Å². The number of carbonyl (C=O) groups is 1. The highest BCUT2D eigenvalue weighted by atomic mass is 35.5. The van der Waals surface area contributed by atoms with Gasteiger partial charge in [-0.05, 0) is 56.1 Å². The molecular formula is C22H28Cl2N4O2S. The molecular weight excluding hydrogens is 455 g/mol. The summed E-state index contributed by atoms with van der Waals surface area (Å²) in [6.45, 7) is 3.16. The molecule has 168 valence electrons. The normalized spacial score (nSPS) is 17.0. The van der Waals surface area contributed by atoms with Gasteiger partial charge in [-0.15, -0.1) is 36.2 Å². The Morgan fingerprint density at radius 3 is 2.77 bits per heavy atom. The molecule has 0 saturated carbocycles. The quantitative estimate of drug-likeness (QED) is 0.614. The van der Waals surface area contributed by atoms with Crippen molar-refractivity contribution in [3.8, 4) is 0 Å². The molecule has 6 nitrogen and oxygen atoms in total. The first-order valence-corrected chi connectivity index (χ1v) is 11.0. The number of piperidine rings is 1. The molecule has 1 amide bonds. The van der Waals surface area contributed by atoms with Gasteiger partial charge in [0.15, 0.2) is 0 Å². The number of hydrogen-bond acceptors (Lipinski definition) is 5. The van der Waals surface area contributed by atoms with Crippen molar-refractivity contribution < 1.29 is 9.53 Å². The fourth-order valence-electron chi connectivity index (χ4n) is 4.54. The number of nitrogens with one attached hydrogen (secondary N) is 1. The molecule has 5 rings (SSSR count). The van der Waals surface area contributed by atoms with Crippen molar-refractivity contribution in [3.63, 3.8) is 0 Å². The number of ether oxygens (including phenoxy) is 1. The van der Waals surface area contributed by atoms with Gasteiger partial charge >= 0.3 is 0 Å².